The fourth-order valence-electron chi connectivity index (χ4n) is 4.45. The molecule has 0 saturated carbocycles. The smallest absolute Gasteiger partial charge is 1.00 e. The summed E-state index contributed by atoms with van der Waals surface area (Å²) in [6, 6.07) is 59.1. The average Bonchev–Trinajstić information content (AvgIpc) is 3.02. The molecule has 6 rings (SSSR count). The van der Waals surface area contributed by atoms with Crippen molar-refractivity contribution in [1.29, 1.82) is 0 Å². The first-order valence-electron chi connectivity index (χ1n) is 13.0. The van der Waals surface area contributed by atoms with Gasteiger partial charge in [0.25, 0.3) is 0 Å². The van der Waals surface area contributed by atoms with Crippen molar-refractivity contribution < 1.29 is 51.0 Å². The minimum Gasteiger partial charge on any atom is -1.00 e. The fraction of sp³-hybridized carbons (Fsp3) is 0. The van der Waals surface area contributed by atoms with Crippen molar-refractivity contribution in [3.63, 3.8) is 0 Å². The van der Waals surface area contributed by atoms with E-state index < -0.39 is 15.8 Å². The molecule has 0 radical (unpaired) electrons. The molecule has 0 bridgehead atoms. The van der Waals surface area contributed by atoms with Gasteiger partial charge < -0.3 is 50.1 Å². The van der Waals surface area contributed by atoms with Crippen LogP contribution in [-0.4, -0.2) is 0 Å². The van der Waals surface area contributed by atoms with Crippen LogP contribution in [0.5, 0.6) is 0 Å². The first kappa shape index (κ1) is 37.3. The third-order valence-electron chi connectivity index (χ3n) is 6.27. The number of benzene rings is 6. The second kappa shape index (κ2) is 19.5. The predicted molar refractivity (Wildman–Crippen MR) is 182 cm³/mol. The van der Waals surface area contributed by atoms with Gasteiger partial charge in [0.1, 0.15) is 0 Å². The van der Waals surface area contributed by atoms with Crippen LogP contribution in [0.3, 0.4) is 0 Å². The minimum absolute atomic E-state index is 0. The Hall–Kier alpha value is -1.92. The zero-order valence-corrected chi connectivity index (χ0v) is 30.5. The molecule has 0 N–H and O–H groups in total. The van der Waals surface area contributed by atoms with E-state index in [1.165, 1.54) is 31.8 Å². The van der Waals surface area contributed by atoms with E-state index in [1.807, 2.05) is 24.3 Å². The molecule has 0 amide bonds. The molecule has 0 nitrogen and oxygen atoms in total. The summed E-state index contributed by atoms with van der Waals surface area (Å²) in [6.07, 6.45) is 0. The molecule has 0 fully saturated rings. The van der Waals surface area contributed by atoms with E-state index in [9.17, 15) is 0 Å². The van der Waals surface area contributed by atoms with Crippen molar-refractivity contribution in [3.8, 4) is 0 Å². The number of hydrogen-bond acceptors (Lipinski definition) is 2. The normalized spacial score (nSPS) is 9.91. The van der Waals surface area contributed by atoms with Crippen LogP contribution < -0.4 is 56.6 Å². The van der Waals surface area contributed by atoms with Crippen LogP contribution in [0.2, 0.25) is 0 Å². The third-order valence-corrected chi connectivity index (χ3v) is 12.3. The van der Waals surface area contributed by atoms with E-state index in [2.05, 4.69) is 146 Å². The van der Waals surface area contributed by atoms with Crippen molar-refractivity contribution in [2.75, 3.05) is 0 Å². The van der Waals surface area contributed by atoms with E-state index in [0.717, 1.165) is 9.79 Å². The largest absolute Gasteiger partial charge is 4.00 e. The van der Waals surface area contributed by atoms with Crippen LogP contribution in [0.15, 0.2) is 180 Å². The molecule has 0 aromatic heterocycles. The third kappa shape index (κ3) is 10.0. The maximum atomic E-state index is 5.54. The zero-order chi connectivity index (χ0) is 27.6. The van der Waals surface area contributed by atoms with Crippen LogP contribution in [0.4, 0.5) is 0 Å². The van der Waals surface area contributed by atoms with Gasteiger partial charge in [0.15, 0.2) is 0 Å². The molecule has 212 valence electrons. The summed E-state index contributed by atoms with van der Waals surface area (Å²) < 4.78 is 0. The minimum atomic E-state index is -0.571. The molecule has 43 heavy (non-hydrogen) atoms. The van der Waals surface area contributed by atoms with Gasteiger partial charge in [-0.05, 0) is 47.7 Å². The Morgan fingerprint density at radius 2 is 0.512 bits per heavy atom. The summed E-state index contributed by atoms with van der Waals surface area (Å²) in [7, 11) is -1.14. The van der Waals surface area contributed by atoms with Gasteiger partial charge in [0.05, 0.1) is 0 Å². The Bertz CT molecular complexity index is 1420. The van der Waals surface area contributed by atoms with Crippen LogP contribution in [0.1, 0.15) is 0 Å². The molecule has 0 aliphatic carbocycles. The van der Waals surface area contributed by atoms with Gasteiger partial charge in [0, 0.05) is 0 Å². The Kier molecular flexibility index (Phi) is 16.9. The van der Waals surface area contributed by atoms with Gasteiger partial charge >= 0.3 is 26.2 Å². The fourth-order valence-corrected chi connectivity index (χ4v) is 9.94. The molecule has 0 heterocycles. The van der Waals surface area contributed by atoms with E-state index >= 15 is 0 Å². The van der Waals surface area contributed by atoms with Crippen LogP contribution >= 0.6 is 15.8 Å². The summed E-state index contributed by atoms with van der Waals surface area (Å²) in [5.74, 6) is 0. The Morgan fingerprint density at radius 3 is 0.744 bits per heavy atom. The first-order valence-corrected chi connectivity index (χ1v) is 16.5. The molecule has 0 aliphatic heterocycles. The molecule has 0 saturated heterocycles. The summed E-state index contributed by atoms with van der Waals surface area (Å²) in [6.45, 7) is 0. The number of hydrogen-bond donors (Lipinski definition) is 0. The van der Waals surface area contributed by atoms with Gasteiger partial charge in [-0.25, -0.2) is 0 Å². The van der Waals surface area contributed by atoms with E-state index in [-0.39, 0.29) is 51.0 Å². The molecule has 7 heteroatoms. The van der Waals surface area contributed by atoms with Gasteiger partial charge in [-0.3, -0.25) is 0 Å². The van der Waals surface area contributed by atoms with Crippen LogP contribution in [-0.2, 0) is 51.5 Å². The summed E-state index contributed by atoms with van der Waals surface area (Å²) >= 11 is 11.1. The maximum Gasteiger partial charge on any atom is 4.00 e. The predicted octanol–water partition coefficient (Wildman–Crippen LogP) is 0.707. The Morgan fingerprint density at radius 1 is 0.302 bits per heavy atom. The standard InChI is InChI=1S/2C18H15PS.2ClH.Zr/c2*20-18-14-8-7-13-17(18)19(15-9-3-1-4-10-15)16-11-5-2-6-12-16;;;/h2*1-14,20H;2*1H;/q;;;;+4/p-4. The average molecular weight is 749 g/mol. The monoisotopic (exact) mass is 746 g/mol. The SMILES string of the molecule is [Cl-].[Cl-].[S-]c1ccccc1P(c1ccccc1)c1ccccc1.[S-]c1ccccc1P(c1ccccc1)c1ccccc1.[Zr+4]. The van der Waals surface area contributed by atoms with Gasteiger partial charge in [-0.1, -0.05) is 170 Å². The second-order valence-electron chi connectivity index (χ2n) is 8.95. The van der Waals surface area contributed by atoms with Crippen LogP contribution in [0.25, 0.3) is 0 Å². The van der Waals surface area contributed by atoms with Gasteiger partial charge in [-0.15, -0.1) is 0 Å². The number of rotatable bonds is 6. The quantitative estimate of drug-likeness (QED) is 0.182. The molecule has 6 aromatic rings. The van der Waals surface area contributed by atoms with Crippen molar-refractivity contribution >= 4 is 72.9 Å². The molecule has 0 unspecified atom stereocenters. The maximum absolute atomic E-state index is 5.54. The molecule has 0 atom stereocenters. The van der Waals surface area contributed by atoms with Gasteiger partial charge in [-0.2, -0.15) is 9.79 Å². The number of halogens is 2. The second-order valence-corrected chi connectivity index (χ2v) is 14.2. The van der Waals surface area contributed by atoms with E-state index in [1.54, 1.807) is 0 Å². The molecular weight excluding hydrogens is 721 g/mol. The topological polar surface area (TPSA) is 0 Å². The molecule has 0 aliphatic rings. The molecule has 0 spiro atoms. The van der Waals surface area contributed by atoms with Crippen LogP contribution in [0, 0.1) is 0 Å². The Balaban J connectivity index is 0.000000281. The first-order chi connectivity index (χ1) is 19.7. The van der Waals surface area contributed by atoms with Crippen molar-refractivity contribution in [1.82, 2.24) is 0 Å². The Labute approximate surface area is 301 Å². The van der Waals surface area contributed by atoms with E-state index in [0.29, 0.717) is 0 Å². The van der Waals surface area contributed by atoms with Crippen molar-refractivity contribution in [2.24, 2.45) is 0 Å². The van der Waals surface area contributed by atoms with Crippen molar-refractivity contribution in [2.45, 2.75) is 9.79 Å². The molecular formula is C36H28Cl2P2S2Zr. The van der Waals surface area contributed by atoms with E-state index in [4.69, 9.17) is 25.3 Å². The summed E-state index contributed by atoms with van der Waals surface area (Å²) in [5, 5.41) is 7.87. The zero-order valence-electron chi connectivity index (χ0n) is 23.1. The van der Waals surface area contributed by atoms with Gasteiger partial charge in [0.2, 0.25) is 0 Å². The summed E-state index contributed by atoms with van der Waals surface area (Å²) in [4.78, 5) is 1.90. The summed E-state index contributed by atoms with van der Waals surface area (Å²) in [5.41, 5.74) is 0. The van der Waals surface area contributed by atoms with Crippen molar-refractivity contribution in [3.05, 3.63) is 170 Å². The molecule has 6 aromatic carbocycles.